The molecule has 2 aliphatic carbocycles. The van der Waals surface area contributed by atoms with Crippen LogP contribution in [0.4, 0.5) is 4.39 Å². The standard InChI is InChI=1S/C24H35F/c1-18-7-13-22(14-8-18)23-15-11-20(12-16-23)5-3-4-6-21-10-9-19(2)24(25)17-21/h9-10,17,20,22H,3-8,11-16H2,1-2H3. The molecule has 1 aromatic rings. The second kappa shape index (κ2) is 9.19. The maximum atomic E-state index is 13.6. The van der Waals surface area contributed by atoms with Gasteiger partial charge >= 0.3 is 0 Å². The topological polar surface area (TPSA) is 0 Å². The maximum Gasteiger partial charge on any atom is 0.126 e. The van der Waals surface area contributed by atoms with Crippen molar-refractivity contribution in [1.29, 1.82) is 0 Å². The monoisotopic (exact) mass is 342 g/mol. The predicted octanol–water partition coefficient (Wildman–Crippen LogP) is 7.40. The summed E-state index contributed by atoms with van der Waals surface area (Å²) in [5.41, 5.74) is 1.91. The van der Waals surface area contributed by atoms with E-state index in [9.17, 15) is 4.39 Å². The van der Waals surface area contributed by atoms with Gasteiger partial charge in [0.05, 0.1) is 0 Å². The first-order valence-corrected chi connectivity index (χ1v) is 10.5. The van der Waals surface area contributed by atoms with Gasteiger partial charge in [0.2, 0.25) is 0 Å². The van der Waals surface area contributed by atoms with E-state index in [0.29, 0.717) is 0 Å². The highest BCUT2D eigenvalue weighted by Gasteiger charge is 2.30. The number of halogens is 1. The lowest BCUT2D eigenvalue weighted by Gasteiger charge is -2.36. The highest BCUT2D eigenvalue weighted by atomic mass is 19.1. The van der Waals surface area contributed by atoms with Gasteiger partial charge < -0.3 is 0 Å². The quantitative estimate of drug-likeness (QED) is 0.472. The molecular weight excluding hydrogens is 307 g/mol. The summed E-state index contributed by atoms with van der Waals surface area (Å²) in [7, 11) is 0. The molecule has 2 fully saturated rings. The van der Waals surface area contributed by atoms with E-state index in [4.69, 9.17) is 0 Å². The Hall–Kier alpha value is -0.850. The van der Waals surface area contributed by atoms with E-state index in [1.807, 2.05) is 18.9 Å². The van der Waals surface area contributed by atoms with E-state index >= 15 is 0 Å². The van der Waals surface area contributed by atoms with Gasteiger partial charge in [0.1, 0.15) is 5.82 Å². The molecule has 138 valence electrons. The number of aryl methyl sites for hydroxylation is 2. The molecule has 0 heterocycles. The largest absolute Gasteiger partial charge is 0.207 e. The molecule has 0 spiro atoms. The minimum Gasteiger partial charge on any atom is -0.207 e. The lowest BCUT2D eigenvalue weighted by Crippen LogP contribution is -2.23. The zero-order chi connectivity index (χ0) is 17.6. The molecule has 2 aliphatic rings. The van der Waals surface area contributed by atoms with Gasteiger partial charge in [0.15, 0.2) is 0 Å². The smallest absolute Gasteiger partial charge is 0.126 e. The average Bonchev–Trinajstić information content (AvgIpc) is 2.63. The van der Waals surface area contributed by atoms with E-state index in [-0.39, 0.29) is 5.82 Å². The van der Waals surface area contributed by atoms with E-state index in [2.05, 4.69) is 13.0 Å². The molecule has 0 aliphatic heterocycles. The molecule has 0 amide bonds. The van der Waals surface area contributed by atoms with Crippen LogP contribution in [0, 0.1) is 36.4 Å². The van der Waals surface area contributed by atoms with Crippen molar-refractivity contribution < 1.29 is 4.39 Å². The van der Waals surface area contributed by atoms with Gasteiger partial charge in [-0.05, 0) is 112 Å². The van der Waals surface area contributed by atoms with Crippen molar-refractivity contribution in [2.24, 2.45) is 11.8 Å². The Kier molecular flexibility index (Phi) is 6.96. The number of hydrogen-bond donors (Lipinski definition) is 0. The molecule has 2 radical (unpaired) electrons. The lowest BCUT2D eigenvalue weighted by molar-refractivity contribution is 0.282. The van der Waals surface area contributed by atoms with Crippen molar-refractivity contribution in [2.45, 2.75) is 90.9 Å². The summed E-state index contributed by atoms with van der Waals surface area (Å²) < 4.78 is 13.6. The Morgan fingerprint density at radius 2 is 1.64 bits per heavy atom. The zero-order valence-electron chi connectivity index (χ0n) is 16.2. The lowest BCUT2D eigenvalue weighted by atomic mass is 9.69. The third-order valence-electron chi connectivity index (χ3n) is 6.73. The van der Waals surface area contributed by atoms with Crippen LogP contribution in [0.5, 0.6) is 0 Å². The Bertz CT molecular complexity index is 519. The van der Waals surface area contributed by atoms with E-state index < -0.39 is 0 Å². The highest BCUT2D eigenvalue weighted by molar-refractivity contribution is 5.23. The van der Waals surface area contributed by atoms with Crippen LogP contribution in [-0.4, -0.2) is 0 Å². The highest BCUT2D eigenvalue weighted by Crippen LogP contribution is 2.43. The van der Waals surface area contributed by atoms with Crippen LogP contribution in [0.25, 0.3) is 0 Å². The van der Waals surface area contributed by atoms with Crippen molar-refractivity contribution in [3.05, 3.63) is 47.0 Å². The SMILES string of the molecule is C[C]1CCC([C]2CCC(CCCCc3ccc(C)c(F)c3)CC2)CC1. The molecule has 0 unspecified atom stereocenters. The molecule has 3 rings (SSSR count). The Morgan fingerprint density at radius 1 is 0.920 bits per heavy atom. The zero-order valence-corrected chi connectivity index (χ0v) is 16.2. The molecule has 25 heavy (non-hydrogen) atoms. The fraction of sp³-hybridized carbons (Fsp3) is 0.667. The molecule has 0 bridgehead atoms. The van der Waals surface area contributed by atoms with Gasteiger partial charge in [0, 0.05) is 0 Å². The first kappa shape index (κ1) is 18.9. The molecular formula is C24H35F. The minimum absolute atomic E-state index is 0.0525. The Morgan fingerprint density at radius 3 is 2.32 bits per heavy atom. The second-order valence-corrected chi connectivity index (χ2v) is 8.66. The first-order chi connectivity index (χ1) is 12.1. The molecule has 0 nitrogen and oxygen atoms in total. The molecule has 0 aromatic heterocycles. The maximum absolute atomic E-state index is 13.6. The summed E-state index contributed by atoms with van der Waals surface area (Å²) in [6.07, 6.45) is 16.2. The normalized spacial score (nSPS) is 21.7. The number of rotatable bonds is 6. The first-order valence-electron chi connectivity index (χ1n) is 10.5. The average molecular weight is 343 g/mol. The fourth-order valence-electron chi connectivity index (χ4n) is 4.82. The minimum atomic E-state index is -0.0525. The van der Waals surface area contributed by atoms with Gasteiger partial charge in [-0.25, -0.2) is 4.39 Å². The van der Waals surface area contributed by atoms with Gasteiger partial charge in [-0.1, -0.05) is 31.9 Å². The number of unbranched alkanes of at least 4 members (excludes halogenated alkanes) is 1. The van der Waals surface area contributed by atoms with Crippen LogP contribution in [0.15, 0.2) is 18.2 Å². The summed E-state index contributed by atoms with van der Waals surface area (Å²) in [5.74, 6) is 5.46. The Labute approximate surface area is 154 Å². The molecule has 0 atom stereocenters. The number of benzene rings is 1. The van der Waals surface area contributed by atoms with Crippen LogP contribution in [0.3, 0.4) is 0 Å². The van der Waals surface area contributed by atoms with Crippen LogP contribution in [-0.2, 0) is 6.42 Å². The van der Waals surface area contributed by atoms with E-state index in [1.54, 1.807) is 12.0 Å². The molecule has 0 N–H and O–H groups in total. The summed E-state index contributed by atoms with van der Waals surface area (Å²) in [6.45, 7) is 4.17. The van der Waals surface area contributed by atoms with Crippen LogP contribution >= 0.6 is 0 Å². The number of hydrogen-bond acceptors (Lipinski definition) is 0. The summed E-state index contributed by atoms with van der Waals surface area (Å²) in [6, 6.07) is 5.72. The molecule has 1 aromatic carbocycles. The molecule has 1 heteroatoms. The van der Waals surface area contributed by atoms with Crippen LogP contribution < -0.4 is 0 Å². The summed E-state index contributed by atoms with van der Waals surface area (Å²) >= 11 is 0. The van der Waals surface area contributed by atoms with Crippen molar-refractivity contribution in [3.8, 4) is 0 Å². The van der Waals surface area contributed by atoms with Gasteiger partial charge in [-0.15, -0.1) is 0 Å². The van der Waals surface area contributed by atoms with Crippen molar-refractivity contribution >= 4 is 0 Å². The van der Waals surface area contributed by atoms with Crippen LogP contribution in [0.2, 0.25) is 0 Å². The van der Waals surface area contributed by atoms with Gasteiger partial charge in [-0.3, -0.25) is 0 Å². The van der Waals surface area contributed by atoms with Gasteiger partial charge in [-0.2, -0.15) is 0 Å². The molecule has 2 saturated carbocycles. The molecule has 0 saturated heterocycles. The van der Waals surface area contributed by atoms with Crippen LogP contribution in [0.1, 0.15) is 88.7 Å². The van der Waals surface area contributed by atoms with Crippen molar-refractivity contribution in [3.63, 3.8) is 0 Å². The van der Waals surface area contributed by atoms with Gasteiger partial charge in [0.25, 0.3) is 0 Å². The predicted molar refractivity (Wildman–Crippen MR) is 105 cm³/mol. The third kappa shape index (κ3) is 5.56. The van der Waals surface area contributed by atoms with E-state index in [1.165, 1.54) is 70.6 Å². The third-order valence-corrected chi connectivity index (χ3v) is 6.73. The summed E-state index contributed by atoms with van der Waals surface area (Å²) in [4.78, 5) is 0. The second-order valence-electron chi connectivity index (χ2n) is 8.66. The Balaban J connectivity index is 1.31. The summed E-state index contributed by atoms with van der Waals surface area (Å²) in [5, 5.41) is 0. The van der Waals surface area contributed by atoms with Crippen molar-refractivity contribution in [2.75, 3.05) is 0 Å². The van der Waals surface area contributed by atoms with E-state index in [0.717, 1.165) is 29.4 Å². The van der Waals surface area contributed by atoms with Crippen molar-refractivity contribution in [1.82, 2.24) is 0 Å². The fourth-order valence-corrected chi connectivity index (χ4v) is 4.82.